The van der Waals surface area contributed by atoms with E-state index in [1.165, 1.54) is 12.1 Å². The minimum atomic E-state index is -0.513. The van der Waals surface area contributed by atoms with Gasteiger partial charge in [-0.3, -0.25) is 10.1 Å². The van der Waals surface area contributed by atoms with Crippen molar-refractivity contribution >= 4 is 5.69 Å². The Balaban J connectivity index is 2.01. The second-order valence-corrected chi connectivity index (χ2v) is 4.46. The summed E-state index contributed by atoms with van der Waals surface area (Å²) in [6.07, 6.45) is -0.513. The van der Waals surface area contributed by atoms with Crippen molar-refractivity contribution in [3.63, 3.8) is 0 Å². The van der Waals surface area contributed by atoms with Crippen LogP contribution in [0.25, 0.3) is 0 Å². The molecule has 20 heavy (non-hydrogen) atoms. The number of ether oxygens (including phenoxy) is 1. The Morgan fingerprint density at radius 3 is 2.55 bits per heavy atom. The second kappa shape index (κ2) is 6.16. The molecule has 0 unspecified atom stereocenters. The van der Waals surface area contributed by atoms with E-state index in [0.29, 0.717) is 5.75 Å². The molecule has 0 bridgehead atoms. The number of aliphatic hydroxyl groups excluding tert-OH is 1. The lowest BCUT2D eigenvalue weighted by atomic mass is 10.1. The van der Waals surface area contributed by atoms with Gasteiger partial charge in [0.15, 0.2) is 0 Å². The molecule has 0 amide bonds. The third-order valence-electron chi connectivity index (χ3n) is 2.89. The standard InChI is InChI=1S/C15H15NO4/c1-11(17)13-5-7-15(8-6-13)20-10-12-3-2-4-14(9-12)16(18)19/h2-9,11,17H,10H2,1H3/t11-/m0/s1. The Kier molecular flexibility index (Phi) is 4.32. The van der Waals surface area contributed by atoms with E-state index in [9.17, 15) is 15.2 Å². The maximum Gasteiger partial charge on any atom is 0.269 e. The quantitative estimate of drug-likeness (QED) is 0.670. The molecule has 0 fully saturated rings. The van der Waals surface area contributed by atoms with E-state index in [1.807, 2.05) is 0 Å². The van der Waals surface area contributed by atoms with E-state index >= 15 is 0 Å². The van der Waals surface area contributed by atoms with Crippen LogP contribution in [0.2, 0.25) is 0 Å². The molecule has 0 aliphatic heterocycles. The maximum absolute atomic E-state index is 10.7. The SMILES string of the molecule is C[C@H](O)c1ccc(OCc2cccc([N+](=O)[O-])c2)cc1. The van der Waals surface area contributed by atoms with Gasteiger partial charge >= 0.3 is 0 Å². The Morgan fingerprint density at radius 1 is 1.25 bits per heavy atom. The molecule has 0 spiro atoms. The lowest BCUT2D eigenvalue weighted by Gasteiger charge is -2.08. The third-order valence-corrected chi connectivity index (χ3v) is 2.89. The van der Waals surface area contributed by atoms with Crippen molar-refractivity contribution in [2.45, 2.75) is 19.6 Å². The van der Waals surface area contributed by atoms with Crippen molar-refractivity contribution in [1.29, 1.82) is 0 Å². The molecule has 2 aromatic carbocycles. The number of benzene rings is 2. The molecule has 0 heterocycles. The van der Waals surface area contributed by atoms with Crippen molar-refractivity contribution in [1.82, 2.24) is 0 Å². The topological polar surface area (TPSA) is 72.6 Å². The summed E-state index contributed by atoms with van der Waals surface area (Å²) in [5.41, 5.74) is 1.60. The molecular weight excluding hydrogens is 258 g/mol. The van der Waals surface area contributed by atoms with Gasteiger partial charge in [0, 0.05) is 12.1 Å². The average Bonchev–Trinajstić information content (AvgIpc) is 2.46. The largest absolute Gasteiger partial charge is 0.489 e. The van der Waals surface area contributed by atoms with Crippen LogP contribution in [0.5, 0.6) is 5.75 Å². The van der Waals surface area contributed by atoms with Gasteiger partial charge in [-0.1, -0.05) is 24.3 Å². The number of hydrogen-bond donors (Lipinski definition) is 1. The fourth-order valence-corrected chi connectivity index (χ4v) is 1.77. The van der Waals surface area contributed by atoms with Crippen LogP contribution in [0, 0.1) is 10.1 Å². The Morgan fingerprint density at radius 2 is 1.95 bits per heavy atom. The summed E-state index contributed by atoms with van der Waals surface area (Å²) in [7, 11) is 0. The van der Waals surface area contributed by atoms with Crippen LogP contribution >= 0.6 is 0 Å². The van der Waals surface area contributed by atoms with Crippen molar-refractivity contribution < 1.29 is 14.8 Å². The van der Waals surface area contributed by atoms with Gasteiger partial charge in [-0.05, 0) is 30.2 Å². The highest BCUT2D eigenvalue weighted by Gasteiger charge is 2.06. The van der Waals surface area contributed by atoms with E-state index < -0.39 is 11.0 Å². The minimum absolute atomic E-state index is 0.0514. The highest BCUT2D eigenvalue weighted by molar-refractivity contribution is 5.34. The highest BCUT2D eigenvalue weighted by Crippen LogP contribution is 2.19. The predicted octanol–water partition coefficient (Wildman–Crippen LogP) is 3.23. The number of non-ortho nitro benzene ring substituents is 1. The fraction of sp³-hybridized carbons (Fsp3) is 0.200. The lowest BCUT2D eigenvalue weighted by Crippen LogP contribution is -1.97. The van der Waals surface area contributed by atoms with Crippen molar-refractivity contribution in [2.24, 2.45) is 0 Å². The maximum atomic E-state index is 10.7. The molecule has 0 aliphatic carbocycles. The molecule has 0 saturated carbocycles. The lowest BCUT2D eigenvalue weighted by molar-refractivity contribution is -0.384. The highest BCUT2D eigenvalue weighted by atomic mass is 16.6. The minimum Gasteiger partial charge on any atom is -0.489 e. The normalized spacial score (nSPS) is 11.9. The van der Waals surface area contributed by atoms with Crippen LogP contribution in [0.15, 0.2) is 48.5 Å². The van der Waals surface area contributed by atoms with Crippen LogP contribution < -0.4 is 4.74 Å². The summed E-state index contributed by atoms with van der Waals surface area (Å²) in [5.74, 6) is 0.654. The third kappa shape index (κ3) is 3.55. The van der Waals surface area contributed by atoms with E-state index in [2.05, 4.69) is 0 Å². The van der Waals surface area contributed by atoms with E-state index in [0.717, 1.165) is 11.1 Å². The first-order valence-electron chi connectivity index (χ1n) is 6.20. The zero-order chi connectivity index (χ0) is 14.5. The van der Waals surface area contributed by atoms with Gasteiger partial charge in [0.2, 0.25) is 0 Å². The zero-order valence-electron chi connectivity index (χ0n) is 11.0. The molecule has 2 rings (SSSR count). The molecular formula is C15H15NO4. The molecule has 0 aliphatic rings. The molecule has 5 heteroatoms. The van der Waals surface area contributed by atoms with Gasteiger partial charge < -0.3 is 9.84 Å². The summed E-state index contributed by atoms with van der Waals surface area (Å²) in [5, 5.41) is 20.1. The molecule has 1 atom stereocenters. The summed E-state index contributed by atoms with van der Waals surface area (Å²) in [6, 6.07) is 13.4. The Hall–Kier alpha value is -2.40. The first-order valence-corrected chi connectivity index (χ1v) is 6.20. The number of rotatable bonds is 5. The van der Waals surface area contributed by atoms with Crippen molar-refractivity contribution in [3.8, 4) is 5.75 Å². The van der Waals surface area contributed by atoms with Crippen molar-refractivity contribution in [2.75, 3.05) is 0 Å². The van der Waals surface area contributed by atoms with Crippen molar-refractivity contribution in [3.05, 3.63) is 69.8 Å². The summed E-state index contributed by atoms with van der Waals surface area (Å²) in [4.78, 5) is 10.2. The molecule has 0 aromatic heterocycles. The van der Waals surface area contributed by atoms with Gasteiger partial charge in [-0.15, -0.1) is 0 Å². The Bertz CT molecular complexity index is 593. The smallest absolute Gasteiger partial charge is 0.269 e. The zero-order valence-corrected chi connectivity index (χ0v) is 11.0. The van der Waals surface area contributed by atoms with E-state index in [-0.39, 0.29) is 12.3 Å². The monoisotopic (exact) mass is 273 g/mol. The van der Waals surface area contributed by atoms with Gasteiger partial charge in [0.25, 0.3) is 5.69 Å². The molecule has 104 valence electrons. The van der Waals surface area contributed by atoms with Crippen LogP contribution in [-0.4, -0.2) is 10.0 Å². The first kappa shape index (κ1) is 14.0. The second-order valence-electron chi connectivity index (χ2n) is 4.46. The molecule has 2 aromatic rings. The molecule has 5 nitrogen and oxygen atoms in total. The summed E-state index contributed by atoms with van der Waals surface area (Å²) in [6.45, 7) is 1.95. The number of aliphatic hydroxyl groups is 1. The first-order chi connectivity index (χ1) is 9.56. The van der Waals surface area contributed by atoms with E-state index in [1.54, 1.807) is 43.3 Å². The molecule has 1 N–H and O–H groups in total. The van der Waals surface area contributed by atoms with Crippen LogP contribution in [-0.2, 0) is 6.61 Å². The average molecular weight is 273 g/mol. The number of nitrogens with zero attached hydrogens (tertiary/aromatic N) is 1. The van der Waals surface area contributed by atoms with Crippen LogP contribution in [0.1, 0.15) is 24.2 Å². The predicted molar refractivity (Wildman–Crippen MR) is 74.5 cm³/mol. The number of nitro groups is 1. The fourth-order valence-electron chi connectivity index (χ4n) is 1.77. The van der Waals surface area contributed by atoms with Crippen LogP contribution in [0.3, 0.4) is 0 Å². The van der Waals surface area contributed by atoms with Gasteiger partial charge in [0.1, 0.15) is 12.4 Å². The van der Waals surface area contributed by atoms with Gasteiger partial charge in [-0.2, -0.15) is 0 Å². The van der Waals surface area contributed by atoms with Gasteiger partial charge in [0.05, 0.1) is 11.0 Å². The summed E-state index contributed by atoms with van der Waals surface area (Å²) < 4.78 is 5.56. The molecule has 0 radical (unpaired) electrons. The van der Waals surface area contributed by atoms with Gasteiger partial charge in [-0.25, -0.2) is 0 Å². The number of nitro benzene ring substituents is 1. The van der Waals surface area contributed by atoms with E-state index in [4.69, 9.17) is 4.74 Å². The summed E-state index contributed by atoms with van der Waals surface area (Å²) >= 11 is 0. The number of hydrogen-bond acceptors (Lipinski definition) is 4. The van der Waals surface area contributed by atoms with Crippen LogP contribution in [0.4, 0.5) is 5.69 Å². The Labute approximate surface area is 116 Å². The molecule has 0 saturated heterocycles.